The molecular formula is C15H14ClNO4S. The minimum Gasteiger partial charge on any atom is -0.479 e. The van der Waals surface area contributed by atoms with Crippen LogP contribution in [0.3, 0.4) is 0 Å². The van der Waals surface area contributed by atoms with Crippen LogP contribution >= 0.6 is 23.4 Å². The lowest BCUT2D eigenvalue weighted by Gasteiger charge is -2.24. The normalized spacial score (nSPS) is 21.2. The van der Waals surface area contributed by atoms with E-state index in [1.165, 1.54) is 11.8 Å². The average molecular weight is 340 g/mol. The topological polar surface area (TPSA) is 79.5 Å². The van der Waals surface area contributed by atoms with Crippen LogP contribution < -0.4 is 5.32 Å². The Labute approximate surface area is 136 Å². The summed E-state index contributed by atoms with van der Waals surface area (Å²) in [5, 5.41) is 13.4. The fourth-order valence-corrected chi connectivity index (χ4v) is 4.07. The van der Waals surface area contributed by atoms with Gasteiger partial charge in [0.15, 0.2) is 5.76 Å². The highest BCUT2D eigenvalue weighted by Gasteiger charge is 2.44. The highest BCUT2D eigenvalue weighted by Crippen LogP contribution is 2.31. The summed E-state index contributed by atoms with van der Waals surface area (Å²) in [4.78, 5) is 24.0. The number of aryl methyl sites for hydroxylation is 1. The van der Waals surface area contributed by atoms with Gasteiger partial charge in [0.1, 0.15) is 11.1 Å². The number of benzene rings is 1. The zero-order valence-corrected chi connectivity index (χ0v) is 13.4. The molecule has 1 aliphatic heterocycles. The third-order valence-corrected chi connectivity index (χ3v) is 5.31. The third kappa shape index (κ3) is 2.46. The maximum atomic E-state index is 12.5. The van der Waals surface area contributed by atoms with Gasteiger partial charge in [0, 0.05) is 21.7 Å². The van der Waals surface area contributed by atoms with Crippen LogP contribution in [-0.2, 0) is 4.79 Å². The van der Waals surface area contributed by atoms with E-state index >= 15 is 0 Å². The van der Waals surface area contributed by atoms with Crippen LogP contribution in [0.1, 0.15) is 22.5 Å². The van der Waals surface area contributed by atoms with E-state index in [1.807, 2.05) is 0 Å². The molecule has 2 N–H and O–H groups in total. The van der Waals surface area contributed by atoms with Gasteiger partial charge < -0.3 is 14.8 Å². The van der Waals surface area contributed by atoms with E-state index in [0.29, 0.717) is 34.1 Å². The van der Waals surface area contributed by atoms with Crippen molar-refractivity contribution in [3.05, 3.63) is 34.5 Å². The van der Waals surface area contributed by atoms with Crippen molar-refractivity contribution in [2.24, 2.45) is 0 Å². The van der Waals surface area contributed by atoms with Gasteiger partial charge in [-0.05, 0) is 37.3 Å². The molecule has 2 aromatic rings. The third-order valence-electron chi connectivity index (χ3n) is 3.89. The number of furan rings is 1. The first-order valence-corrected chi connectivity index (χ1v) is 8.28. The molecule has 1 aromatic carbocycles. The van der Waals surface area contributed by atoms with Crippen molar-refractivity contribution in [1.29, 1.82) is 0 Å². The number of hydrogen-bond donors (Lipinski definition) is 2. The predicted octanol–water partition coefficient (Wildman–Crippen LogP) is 3.08. The summed E-state index contributed by atoms with van der Waals surface area (Å²) in [6.45, 7) is 1.76. The lowest BCUT2D eigenvalue weighted by molar-refractivity contribution is -0.143. The number of hydrogen-bond acceptors (Lipinski definition) is 4. The van der Waals surface area contributed by atoms with Gasteiger partial charge in [0.25, 0.3) is 5.91 Å². The number of carbonyl (C=O) groups is 2. The van der Waals surface area contributed by atoms with Gasteiger partial charge in [0.2, 0.25) is 0 Å². The van der Waals surface area contributed by atoms with Gasteiger partial charge in [-0.2, -0.15) is 11.8 Å². The summed E-state index contributed by atoms with van der Waals surface area (Å²) in [6.07, 6.45) is 0.407. The predicted molar refractivity (Wildman–Crippen MR) is 85.7 cm³/mol. The fourth-order valence-electron chi connectivity index (χ4n) is 2.57. The van der Waals surface area contributed by atoms with Gasteiger partial charge in [-0.3, -0.25) is 4.79 Å². The van der Waals surface area contributed by atoms with Gasteiger partial charge >= 0.3 is 5.97 Å². The molecule has 0 saturated carbocycles. The van der Waals surface area contributed by atoms with Crippen LogP contribution in [0.15, 0.2) is 22.6 Å². The summed E-state index contributed by atoms with van der Waals surface area (Å²) in [5.74, 6) is -0.312. The van der Waals surface area contributed by atoms with Crippen molar-refractivity contribution < 1.29 is 19.1 Å². The largest absolute Gasteiger partial charge is 0.479 e. The number of carboxylic acid groups (broad SMARTS) is 1. The molecule has 1 atom stereocenters. The number of aliphatic carboxylic acids is 1. The number of rotatable bonds is 3. The van der Waals surface area contributed by atoms with Crippen LogP contribution in [0.5, 0.6) is 0 Å². The van der Waals surface area contributed by atoms with Crippen LogP contribution in [0.25, 0.3) is 11.0 Å². The Kier molecular flexibility index (Phi) is 3.82. The zero-order chi connectivity index (χ0) is 15.9. The average Bonchev–Trinajstić information content (AvgIpc) is 3.06. The summed E-state index contributed by atoms with van der Waals surface area (Å²) >= 11 is 7.47. The van der Waals surface area contributed by atoms with E-state index in [4.69, 9.17) is 16.0 Å². The van der Waals surface area contributed by atoms with E-state index in [2.05, 4.69) is 5.32 Å². The first-order chi connectivity index (χ1) is 10.4. The molecule has 0 radical (unpaired) electrons. The van der Waals surface area contributed by atoms with Crippen LogP contribution in [0, 0.1) is 6.92 Å². The first kappa shape index (κ1) is 15.2. The lowest BCUT2D eigenvalue weighted by Crippen LogP contribution is -2.54. The van der Waals surface area contributed by atoms with Crippen molar-refractivity contribution in [1.82, 2.24) is 5.32 Å². The second kappa shape index (κ2) is 5.52. The molecule has 7 heteroatoms. The smallest absolute Gasteiger partial charge is 0.330 e. The van der Waals surface area contributed by atoms with Gasteiger partial charge in [-0.1, -0.05) is 11.6 Å². The monoisotopic (exact) mass is 339 g/mol. The molecule has 22 heavy (non-hydrogen) atoms. The van der Waals surface area contributed by atoms with Crippen molar-refractivity contribution in [3.8, 4) is 0 Å². The minimum absolute atomic E-state index is 0.134. The molecule has 3 rings (SSSR count). The number of nitrogens with one attached hydrogen (secondary N) is 1. The second-order valence-electron chi connectivity index (χ2n) is 5.34. The van der Waals surface area contributed by atoms with Gasteiger partial charge in [0.05, 0.1) is 0 Å². The van der Waals surface area contributed by atoms with Crippen LogP contribution in [0.2, 0.25) is 5.02 Å². The summed E-state index contributed by atoms with van der Waals surface area (Å²) < 4.78 is 5.58. The van der Waals surface area contributed by atoms with E-state index in [9.17, 15) is 14.7 Å². The highest BCUT2D eigenvalue weighted by molar-refractivity contribution is 7.99. The zero-order valence-electron chi connectivity index (χ0n) is 11.8. The van der Waals surface area contributed by atoms with Crippen molar-refractivity contribution >= 4 is 46.2 Å². The summed E-state index contributed by atoms with van der Waals surface area (Å²) in [7, 11) is 0. The molecule has 116 valence electrons. The SMILES string of the molecule is Cc1c(C(=O)N[C@@]2(C(=O)O)CCSC2)oc2ccc(Cl)cc12. The molecule has 5 nitrogen and oxygen atoms in total. The Morgan fingerprint density at radius 3 is 2.86 bits per heavy atom. The number of fused-ring (bicyclic) bond motifs is 1. The lowest BCUT2D eigenvalue weighted by atomic mass is 9.99. The Morgan fingerprint density at radius 1 is 1.45 bits per heavy atom. The second-order valence-corrected chi connectivity index (χ2v) is 6.88. The Balaban J connectivity index is 1.95. The van der Waals surface area contributed by atoms with Crippen LogP contribution in [0.4, 0.5) is 0 Å². The number of carbonyl (C=O) groups excluding carboxylic acids is 1. The maximum absolute atomic E-state index is 12.5. The summed E-state index contributed by atoms with van der Waals surface area (Å²) in [5.41, 5.74) is -0.0106. The van der Waals surface area contributed by atoms with Crippen molar-refractivity contribution in [3.63, 3.8) is 0 Å². The van der Waals surface area contributed by atoms with Crippen molar-refractivity contribution in [2.75, 3.05) is 11.5 Å². The molecule has 0 unspecified atom stereocenters. The molecule has 1 fully saturated rings. The highest BCUT2D eigenvalue weighted by atomic mass is 35.5. The quantitative estimate of drug-likeness (QED) is 0.898. The molecule has 1 amide bonds. The Morgan fingerprint density at radius 2 is 2.23 bits per heavy atom. The Bertz CT molecular complexity index is 764. The molecule has 0 aliphatic carbocycles. The maximum Gasteiger partial charge on any atom is 0.330 e. The van der Waals surface area contributed by atoms with E-state index in [-0.39, 0.29) is 5.76 Å². The molecular weight excluding hydrogens is 326 g/mol. The molecule has 1 saturated heterocycles. The minimum atomic E-state index is -1.22. The van der Waals surface area contributed by atoms with Gasteiger partial charge in [-0.15, -0.1) is 0 Å². The first-order valence-electron chi connectivity index (χ1n) is 6.75. The van der Waals surface area contributed by atoms with E-state index < -0.39 is 17.4 Å². The number of amides is 1. The number of halogens is 1. The fraction of sp³-hybridized carbons (Fsp3) is 0.333. The van der Waals surface area contributed by atoms with Gasteiger partial charge in [-0.25, -0.2) is 4.79 Å². The molecule has 1 aromatic heterocycles. The van der Waals surface area contributed by atoms with Crippen molar-refractivity contribution in [2.45, 2.75) is 18.9 Å². The van der Waals surface area contributed by atoms with E-state index in [0.717, 1.165) is 5.39 Å². The Hall–Kier alpha value is -1.66. The molecule has 0 bridgehead atoms. The number of thioether (sulfide) groups is 1. The summed E-state index contributed by atoms with van der Waals surface area (Å²) in [6, 6.07) is 5.10. The molecule has 1 aliphatic rings. The molecule has 0 spiro atoms. The standard InChI is InChI=1S/C15H14ClNO4S/c1-8-10-6-9(16)2-3-11(10)21-12(8)13(18)17-15(14(19)20)4-5-22-7-15/h2-3,6H,4-5,7H2,1H3,(H,17,18)(H,19,20)/t15-/m0/s1. The van der Waals surface area contributed by atoms with E-state index in [1.54, 1.807) is 25.1 Å². The van der Waals surface area contributed by atoms with Crippen LogP contribution in [-0.4, -0.2) is 34.0 Å². The molecule has 2 heterocycles. The number of carboxylic acids is 1.